The fraction of sp³-hybridized carbons (Fsp3) is 0.500. The average molecular weight is 247 g/mol. The second-order valence-electron chi connectivity index (χ2n) is 4.93. The molecule has 4 heteroatoms. The van der Waals surface area contributed by atoms with Gasteiger partial charge in [-0.05, 0) is 37.8 Å². The van der Waals surface area contributed by atoms with Gasteiger partial charge in [-0.25, -0.2) is 4.39 Å². The van der Waals surface area contributed by atoms with Gasteiger partial charge >= 0.3 is 0 Å². The van der Waals surface area contributed by atoms with E-state index in [2.05, 4.69) is 0 Å². The SMILES string of the molecule is CN(c1cccc(F)c1C#N)C1CCC(N)CC1. The molecule has 0 saturated heterocycles. The van der Waals surface area contributed by atoms with Crippen molar-refractivity contribution in [2.45, 2.75) is 37.8 Å². The molecular formula is C14H18FN3. The molecule has 3 nitrogen and oxygen atoms in total. The van der Waals surface area contributed by atoms with Crippen LogP contribution in [-0.4, -0.2) is 19.1 Å². The van der Waals surface area contributed by atoms with E-state index in [0.717, 1.165) is 25.7 Å². The maximum atomic E-state index is 13.6. The molecule has 0 atom stereocenters. The smallest absolute Gasteiger partial charge is 0.143 e. The zero-order chi connectivity index (χ0) is 13.1. The van der Waals surface area contributed by atoms with Gasteiger partial charge in [0.1, 0.15) is 17.4 Å². The highest BCUT2D eigenvalue weighted by Crippen LogP contribution is 2.28. The number of rotatable bonds is 2. The maximum Gasteiger partial charge on any atom is 0.143 e. The number of nitriles is 1. The molecule has 2 rings (SSSR count). The first-order valence-electron chi connectivity index (χ1n) is 6.30. The van der Waals surface area contributed by atoms with Crippen LogP contribution in [-0.2, 0) is 0 Å². The molecule has 0 unspecified atom stereocenters. The minimum Gasteiger partial charge on any atom is -0.370 e. The molecule has 0 bridgehead atoms. The normalized spacial score (nSPS) is 23.4. The lowest BCUT2D eigenvalue weighted by Crippen LogP contribution is -2.39. The molecule has 0 aliphatic heterocycles. The highest BCUT2D eigenvalue weighted by molar-refractivity contribution is 5.60. The number of anilines is 1. The van der Waals surface area contributed by atoms with Crippen molar-refractivity contribution in [3.8, 4) is 6.07 Å². The van der Waals surface area contributed by atoms with Gasteiger partial charge in [-0.1, -0.05) is 6.07 Å². The molecule has 1 aromatic rings. The Kier molecular flexibility index (Phi) is 3.83. The van der Waals surface area contributed by atoms with Gasteiger partial charge in [0.15, 0.2) is 0 Å². The van der Waals surface area contributed by atoms with Crippen molar-refractivity contribution in [2.75, 3.05) is 11.9 Å². The minimum atomic E-state index is -0.450. The van der Waals surface area contributed by atoms with E-state index in [1.165, 1.54) is 6.07 Å². The van der Waals surface area contributed by atoms with E-state index in [0.29, 0.717) is 11.7 Å². The fourth-order valence-electron chi connectivity index (χ4n) is 2.60. The van der Waals surface area contributed by atoms with Crippen LogP contribution >= 0.6 is 0 Å². The van der Waals surface area contributed by atoms with E-state index >= 15 is 0 Å². The lowest BCUT2D eigenvalue weighted by Gasteiger charge is -2.35. The van der Waals surface area contributed by atoms with E-state index in [9.17, 15) is 4.39 Å². The van der Waals surface area contributed by atoms with Crippen LogP contribution in [0.1, 0.15) is 31.2 Å². The molecular weight excluding hydrogens is 229 g/mol. The number of benzene rings is 1. The number of hydrogen-bond acceptors (Lipinski definition) is 3. The maximum absolute atomic E-state index is 13.6. The fourth-order valence-corrected chi connectivity index (χ4v) is 2.60. The molecule has 96 valence electrons. The second-order valence-corrected chi connectivity index (χ2v) is 4.93. The van der Waals surface area contributed by atoms with Gasteiger partial charge in [-0.3, -0.25) is 0 Å². The van der Waals surface area contributed by atoms with Gasteiger partial charge < -0.3 is 10.6 Å². The van der Waals surface area contributed by atoms with Gasteiger partial charge in [0.05, 0.1) is 5.69 Å². The third kappa shape index (κ3) is 2.46. The molecule has 0 aromatic heterocycles. The first kappa shape index (κ1) is 12.8. The Morgan fingerprint density at radius 1 is 1.33 bits per heavy atom. The van der Waals surface area contributed by atoms with Crippen LogP contribution in [0.25, 0.3) is 0 Å². The minimum absolute atomic E-state index is 0.134. The van der Waals surface area contributed by atoms with Crippen molar-refractivity contribution in [3.63, 3.8) is 0 Å². The van der Waals surface area contributed by atoms with Crippen molar-refractivity contribution in [2.24, 2.45) is 5.73 Å². The van der Waals surface area contributed by atoms with Gasteiger partial charge in [0, 0.05) is 19.1 Å². The van der Waals surface area contributed by atoms with Gasteiger partial charge in [-0.15, -0.1) is 0 Å². The molecule has 1 aliphatic carbocycles. The number of nitrogens with two attached hydrogens (primary N) is 1. The van der Waals surface area contributed by atoms with Crippen LogP contribution in [0.2, 0.25) is 0 Å². The summed E-state index contributed by atoms with van der Waals surface area (Å²) in [6, 6.07) is 7.36. The Hall–Kier alpha value is -1.60. The van der Waals surface area contributed by atoms with Crippen LogP contribution in [0.4, 0.5) is 10.1 Å². The molecule has 2 N–H and O–H groups in total. The molecule has 18 heavy (non-hydrogen) atoms. The monoisotopic (exact) mass is 247 g/mol. The number of hydrogen-bond donors (Lipinski definition) is 1. The highest BCUT2D eigenvalue weighted by Gasteiger charge is 2.24. The quantitative estimate of drug-likeness (QED) is 0.873. The zero-order valence-electron chi connectivity index (χ0n) is 10.6. The van der Waals surface area contributed by atoms with E-state index < -0.39 is 5.82 Å². The molecule has 0 amide bonds. The molecule has 1 aromatic carbocycles. The van der Waals surface area contributed by atoms with Gasteiger partial charge in [0.2, 0.25) is 0 Å². The molecule has 0 radical (unpaired) electrons. The summed E-state index contributed by atoms with van der Waals surface area (Å²) in [5.74, 6) is -0.450. The van der Waals surface area contributed by atoms with E-state index in [4.69, 9.17) is 11.0 Å². The standard InChI is InChI=1S/C14H18FN3/c1-18(11-7-5-10(17)6-8-11)14-4-2-3-13(15)12(14)9-16/h2-4,10-11H,5-8,17H2,1H3. The Bertz CT molecular complexity index is 459. The molecule has 0 spiro atoms. The van der Waals surface area contributed by atoms with Crippen LogP contribution < -0.4 is 10.6 Å². The van der Waals surface area contributed by atoms with E-state index in [1.807, 2.05) is 18.0 Å². The first-order valence-corrected chi connectivity index (χ1v) is 6.30. The summed E-state index contributed by atoms with van der Waals surface area (Å²) < 4.78 is 13.6. The van der Waals surface area contributed by atoms with E-state index in [1.54, 1.807) is 12.1 Å². The lowest BCUT2D eigenvalue weighted by atomic mass is 9.90. The van der Waals surface area contributed by atoms with Crippen molar-refractivity contribution in [3.05, 3.63) is 29.6 Å². The van der Waals surface area contributed by atoms with Crippen LogP contribution in [0.15, 0.2) is 18.2 Å². The van der Waals surface area contributed by atoms with Crippen molar-refractivity contribution in [1.29, 1.82) is 5.26 Å². The summed E-state index contributed by atoms with van der Waals surface area (Å²) >= 11 is 0. The van der Waals surface area contributed by atoms with Crippen molar-refractivity contribution < 1.29 is 4.39 Å². The largest absolute Gasteiger partial charge is 0.370 e. The third-order valence-electron chi connectivity index (χ3n) is 3.77. The van der Waals surface area contributed by atoms with Crippen LogP contribution in [0.5, 0.6) is 0 Å². The molecule has 0 heterocycles. The Morgan fingerprint density at radius 2 is 2.00 bits per heavy atom. The summed E-state index contributed by atoms with van der Waals surface area (Å²) in [6.45, 7) is 0. The zero-order valence-corrected chi connectivity index (χ0v) is 10.6. The van der Waals surface area contributed by atoms with Crippen molar-refractivity contribution in [1.82, 2.24) is 0 Å². The summed E-state index contributed by atoms with van der Waals surface area (Å²) in [5.41, 5.74) is 6.70. The third-order valence-corrected chi connectivity index (χ3v) is 3.77. The Labute approximate surface area is 107 Å². The predicted octanol–water partition coefficient (Wildman–Crippen LogP) is 2.40. The van der Waals surface area contributed by atoms with Crippen molar-refractivity contribution >= 4 is 5.69 Å². The van der Waals surface area contributed by atoms with E-state index in [-0.39, 0.29) is 11.6 Å². The average Bonchev–Trinajstić information content (AvgIpc) is 2.38. The summed E-state index contributed by atoms with van der Waals surface area (Å²) in [6.07, 6.45) is 3.98. The number of halogens is 1. The van der Waals surface area contributed by atoms with Gasteiger partial charge in [0.25, 0.3) is 0 Å². The highest BCUT2D eigenvalue weighted by atomic mass is 19.1. The van der Waals surface area contributed by atoms with Crippen LogP contribution in [0.3, 0.4) is 0 Å². The van der Waals surface area contributed by atoms with Crippen LogP contribution in [0, 0.1) is 17.1 Å². The first-order chi connectivity index (χ1) is 8.63. The Balaban J connectivity index is 2.21. The topological polar surface area (TPSA) is 53.0 Å². The second kappa shape index (κ2) is 5.36. The van der Waals surface area contributed by atoms with Gasteiger partial charge in [-0.2, -0.15) is 5.26 Å². The molecule has 1 aliphatic rings. The summed E-state index contributed by atoms with van der Waals surface area (Å²) in [5, 5.41) is 9.05. The lowest BCUT2D eigenvalue weighted by molar-refractivity contribution is 0.384. The number of nitrogens with zero attached hydrogens (tertiary/aromatic N) is 2. The summed E-state index contributed by atoms with van der Waals surface area (Å²) in [7, 11) is 1.93. The summed E-state index contributed by atoms with van der Waals surface area (Å²) in [4.78, 5) is 2.02. The molecule has 1 saturated carbocycles. The predicted molar refractivity (Wildman–Crippen MR) is 69.7 cm³/mol. The molecule has 1 fully saturated rings. The Morgan fingerprint density at radius 3 is 2.61 bits per heavy atom.